The summed E-state index contributed by atoms with van der Waals surface area (Å²) >= 11 is 3.65. The van der Waals surface area contributed by atoms with Crippen LogP contribution in [0.25, 0.3) is 108 Å². The molecule has 0 saturated heterocycles. The summed E-state index contributed by atoms with van der Waals surface area (Å²) in [5, 5.41) is 4.97. The van der Waals surface area contributed by atoms with Crippen molar-refractivity contribution in [1.82, 2.24) is 15.0 Å². The fourth-order valence-corrected chi connectivity index (χ4v) is 10.0. The van der Waals surface area contributed by atoms with Crippen LogP contribution in [-0.2, 0) is 0 Å². The van der Waals surface area contributed by atoms with Crippen LogP contribution in [0.2, 0.25) is 0 Å². The van der Waals surface area contributed by atoms with Crippen LogP contribution in [0.1, 0.15) is 0 Å². The number of fused-ring (bicyclic) bond motifs is 6. The standard InChI is InChI=1S/C51H31N3S2/c1-3-11-32(12-4-1)33-21-23-34(24-22-33)37-26-28-45-43(30-37)48-42(18-10-20-46(48)55-45)51-53-49(35-13-5-2-6-14-35)52-50(54-51)39-16-9-15-36(29-39)38-25-27-41-40-17-7-8-19-44(40)56-47(41)31-38/h1-31H. The molecule has 0 aliphatic heterocycles. The fourth-order valence-electron chi connectivity index (χ4n) is 7.76. The van der Waals surface area contributed by atoms with Crippen molar-refractivity contribution in [3.63, 3.8) is 0 Å². The summed E-state index contributed by atoms with van der Waals surface area (Å²) in [7, 11) is 0. The molecular formula is C51H31N3S2. The Morgan fingerprint density at radius 1 is 0.268 bits per heavy atom. The number of hydrogen-bond donors (Lipinski definition) is 0. The zero-order chi connectivity index (χ0) is 37.0. The Morgan fingerprint density at radius 2 is 0.768 bits per heavy atom. The van der Waals surface area contributed by atoms with Crippen molar-refractivity contribution in [3.8, 4) is 67.5 Å². The van der Waals surface area contributed by atoms with Crippen molar-refractivity contribution in [1.29, 1.82) is 0 Å². The molecule has 3 heterocycles. The second kappa shape index (κ2) is 13.5. The molecule has 5 heteroatoms. The van der Waals surface area contributed by atoms with Gasteiger partial charge in [-0.15, -0.1) is 22.7 Å². The first-order chi connectivity index (χ1) is 27.7. The van der Waals surface area contributed by atoms with Crippen LogP contribution in [0.15, 0.2) is 188 Å². The Morgan fingerprint density at radius 3 is 1.59 bits per heavy atom. The molecular weight excluding hydrogens is 719 g/mol. The Balaban J connectivity index is 1.04. The lowest BCUT2D eigenvalue weighted by Crippen LogP contribution is -2.00. The SMILES string of the molecule is c1ccc(-c2ccc(-c3ccc4sc5cccc(-c6nc(-c7ccccc7)nc(-c7cccc(-c8ccc9c(c8)sc8ccccc89)c7)n6)c5c4c3)cc2)cc1. The van der Waals surface area contributed by atoms with Crippen LogP contribution in [0.3, 0.4) is 0 Å². The van der Waals surface area contributed by atoms with Gasteiger partial charge in [0, 0.05) is 57.0 Å². The molecule has 262 valence electrons. The highest BCUT2D eigenvalue weighted by Crippen LogP contribution is 2.42. The van der Waals surface area contributed by atoms with E-state index in [9.17, 15) is 0 Å². The first-order valence-electron chi connectivity index (χ1n) is 18.7. The summed E-state index contributed by atoms with van der Waals surface area (Å²) in [6.45, 7) is 0. The number of rotatable bonds is 6. The van der Waals surface area contributed by atoms with E-state index in [0.29, 0.717) is 17.5 Å². The molecule has 0 amide bonds. The molecule has 0 fully saturated rings. The molecule has 3 aromatic heterocycles. The molecule has 8 aromatic carbocycles. The van der Waals surface area contributed by atoms with Gasteiger partial charge in [-0.3, -0.25) is 0 Å². The van der Waals surface area contributed by atoms with E-state index in [4.69, 9.17) is 15.0 Å². The summed E-state index contributed by atoms with van der Waals surface area (Å²) in [5.74, 6) is 1.96. The molecule has 0 atom stereocenters. The zero-order valence-corrected chi connectivity index (χ0v) is 31.7. The summed E-state index contributed by atoms with van der Waals surface area (Å²) in [6.07, 6.45) is 0. The van der Waals surface area contributed by atoms with Crippen LogP contribution in [0, 0.1) is 0 Å². The van der Waals surface area contributed by atoms with E-state index in [-0.39, 0.29) is 0 Å². The van der Waals surface area contributed by atoms with Crippen molar-refractivity contribution in [2.24, 2.45) is 0 Å². The molecule has 0 radical (unpaired) electrons. The van der Waals surface area contributed by atoms with Crippen molar-refractivity contribution < 1.29 is 0 Å². The molecule has 0 aliphatic carbocycles. The maximum atomic E-state index is 5.25. The highest BCUT2D eigenvalue weighted by atomic mass is 32.1. The van der Waals surface area contributed by atoms with Crippen molar-refractivity contribution in [2.75, 3.05) is 0 Å². The van der Waals surface area contributed by atoms with Crippen LogP contribution in [0.5, 0.6) is 0 Å². The number of aromatic nitrogens is 3. The highest BCUT2D eigenvalue weighted by Gasteiger charge is 2.18. The Hall–Kier alpha value is -6.79. The third-order valence-corrected chi connectivity index (χ3v) is 12.8. The normalized spacial score (nSPS) is 11.6. The van der Waals surface area contributed by atoms with E-state index >= 15 is 0 Å². The summed E-state index contributed by atoms with van der Waals surface area (Å²) in [4.78, 5) is 15.5. The van der Waals surface area contributed by atoms with Gasteiger partial charge < -0.3 is 0 Å². The third-order valence-electron chi connectivity index (χ3n) is 10.6. The van der Waals surface area contributed by atoms with Gasteiger partial charge in [0.25, 0.3) is 0 Å². The summed E-state index contributed by atoms with van der Waals surface area (Å²) in [6, 6.07) is 66.9. The smallest absolute Gasteiger partial charge is 0.164 e. The summed E-state index contributed by atoms with van der Waals surface area (Å²) in [5.41, 5.74) is 9.98. The van der Waals surface area contributed by atoms with Gasteiger partial charge in [0.2, 0.25) is 0 Å². The summed E-state index contributed by atoms with van der Waals surface area (Å²) < 4.78 is 5.03. The lowest BCUT2D eigenvalue weighted by atomic mass is 9.98. The Bertz CT molecular complexity index is 3240. The zero-order valence-electron chi connectivity index (χ0n) is 30.1. The van der Waals surface area contributed by atoms with Crippen molar-refractivity contribution in [2.45, 2.75) is 0 Å². The minimum absolute atomic E-state index is 0.648. The lowest BCUT2D eigenvalue weighted by molar-refractivity contribution is 1.08. The third kappa shape index (κ3) is 5.77. The van der Waals surface area contributed by atoms with E-state index in [1.54, 1.807) is 11.3 Å². The lowest BCUT2D eigenvalue weighted by Gasteiger charge is -2.11. The van der Waals surface area contributed by atoms with E-state index in [1.807, 2.05) is 29.5 Å². The molecule has 0 spiro atoms. The van der Waals surface area contributed by atoms with E-state index < -0.39 is 0 Å². The predicted octanol–water partition coefficient (Wildman–Crippen LogP) is 14.6. The monoisotopic (exact) mass is 749 g/mol. The second-order valence-corrected chi connectivity index (χ2v) is 16.2. The first kappa shape index (κ1) is 32.6. The fraction of sp³-hybridized carbons (Fsp3) is 0. The first-order valence-corrected chi connectivity index (χ1v) is 20.3. The quantitative estimate of drug-likeness (QED) is 0.170. The van der Waals surface area contributed by atoms with Gasteiger partial charge in [-0.25, -0.2) is 15.0 Å². The van der Waals surface area contributed by atoms with E-state index in [1.165, 1.54) is 62.8 Å². The van der Waals surface area contributed by atoms with Gasteiger partial charge >= 0.3 is 0 Å². The topological polar surface area (TPSA) is 38.7 Å². The number of benzene rings is 8. The second-order valence-electron chi connectivity index (χ2n) is 14.0. The minimum Gasteiger partial charge on any atom is -0.208 e. The van der Waals surface area contributed by atoms with E-state index in [2.05, 4.69) is 170 Å². The van der Waals surface area contributed by atoms with Crippen LogP contribution < -0.4 is 0 Å². The maximum Gasteiger partial charge on any atom is 0.164 e. The van der Waals surface area contributed by atoms with Gasteiger partial charge in [-0.2, -0.15) is 0 Å². The van der Waals surface area contributed by atoms with Gasteiger partial charge in [-0.05, 0) is 69.8 Å². The molecule has 0 N–H and O–H groups in total. The number of thiophene rings is 2. The average molecular weight is 750 g/mol. The molecule has 3 nitrogen and oxygen atoms in total. The van der Waals surface area contributed by atoms with Gasteiger partial charge in [0.15, 0.2) is 17.5 Å². The van der Waals surface area contributed by atoms with Gasteiger partial charge in [-0.1, -0.05) is 152 Å². The number of hydrogen-bond acceptors (Lipinski definition) is 5. The average Bonchev–Trinajstić information content (AvgIpc) is 3.85. The maximum absolute atomic E-state index is 5.25. The molecule has 0 unspecified atom stereocenters. The molecule has 11 aromatic rings. The van der Waals surface area contributed by atoms with Gasteiger partial charge in [0.1, 0.15) is 0 Å². The predicted molar refractivity (Wildman–Crippen MR) is 238 cm³/mol. The Kier molecular flexibility index (Phi) is 7.87. The highest BCUT2D eigenvalue weighted by molar-refractivity contribution is 7.26. The Labute approximate surface area is 331 Å². The number of nitrogens with zero attached hydrogens (tertiary/aromatic N) is 3. The van der Waals surface area contributed by atoms with Crippen LogP contribution >= 0.6 is 22.7 Å². The van der Waals surface area contributed by atoms with Crippen LogP contribution in [0.4, 0.5) is 0 Å². The molecule has 0 bridgehead atoms. The van der Waals surface area contributed by atoms with E-state index in [0.717, 1.165) is 27.6 Å². The molecule has 0 aliphatic rings. The van der Waals surface area contributed by atoms with Gasteiger partial charge in [0.05, 0.1) is 0 Å². The van der Waals surface area contributed by atoms with Crippen molar-refractivity contribution in [3.05, 3.63) is 188 Å². The van der Waals surface area contributed by atoms with Crippen LogP contribution in [-0.4, -0.2) is 15.0 Å². The minimum atomic E-state index is 0.648. The largest absolute Gasteiger partial charge is 0.208 e. The molecule has 0 saturated carbocycles. The molecule has 56 heavy (non-hydrogen) atoms. The molecule has 11 rings (SSSR count). The van der Waals surface area contributed by atoms with Crippen molar-refractivity contribution >= 4 is 63.0 Å².